The third-order valence-electron chi connectivity index (χ3n) is 4.78. The van der Waals surface area contributed by atoms with Gasteiger partial charge < -0.3 is 20.5 Å². The number of hydrogen-bond donors (Lipinski definition) is 2. The van der Waals surface area contributed by atoms with Crippen LogP contribution in [0.25, 0.3) is 0 Å². The molecule has 7 nitrogen and oxygen atoms in total. The summed E-state index contributed by atoms with van der Waals surface area (Å²) in [5.41, 5.74) is 11.1. The van der Waals surface area contributed by atoms with Gasteiger partial charge in [-0.2, -0.15) is 5.10 Å². The van der Waals surface area contributed by atoms with Crippen LogP contribution < -0.4 is 20.5 Å². The van der Waals surface area contributed by atoms with Crippen LogP contribution in [0.3, 0.4) is 0 Å². The summed E-state index contributed by atoms with van der Waals surface area (Å²) in [5.74, 6) is 1.66. The lowest BCUT2D eigenvalue weighted by molar-refractivity contribution is 0.405. The Hall–Kier alpha value is -3.48. The third kappa shape index (κ3) is 4.87. The first-order valence-electron chi connectivity index (χ1n) is 9.37. The van der Waals surface area contributed by atoms with Crippen molar-refractivity contribution in [2.45, 2.75) is 26.9 Å². The number of rotatable bonds is 7. The van der Waals surface area contributed by atoms with Gasteiger partial charge in [0.2, 0.25) is 0 Å². The number of ether oxygens (including phenoxy) is 2. The zero-order valence-electron chi connectivity index (χ0n) is 17.3. The van der Waals surface area contributed by atoms with E-state index in [1.165, 1.54) is 5.56 Å². The van der Waals surface area contributed by atoms with Crippen molar-refractivity contribution in [1.29, 1.82) is 0 Å². The molecule has 3 rings (SSSR count). The molecule has 0 saturated carbocycles. The van der Waals surface area contributed by atoms with Gasteiger partial charge in [0.25, 0.3) is 0 Å². The van der Waals surface area contributed by atoms with E-state index in [9.17, 15) is 0 Å². The maximum absolute atomic E-state index is 6.11. The number of aliphatic imine (C=N–C) groups is 1. The summed E-state index contributed by atoms with van der Waals surface area (Å²) in [7, 11) is 3.22. The number of guanidine groups is 1. The Morgan fingerprint density at radius 3 is 2.55 bits per heavy atom. The highest BCUT2D eigenvalue weighted by molar-refractivity contribution is 5.94. The summed E-state index contributed by atoms with van der Waals surface area (Å²) in [6.45, 7) is 5.22. The van der Waals surface area contributed by atoms with Gasteiger partial charge >= 0.3 is 0 Å². The highest BCUT2D eigenvalue weighted by atomic mass is 16.5. The van der Waals surface area contributed by atoms with Gasteiger partial charge in [0.05, 0.1) is 38.7 Å². The van der Waals surface area contributed by atoms with Gasteiger partial charge in [-0.05, 0) is 31.5 Å². The second kappa shape index (κ2) is 9.14. The van der Waals surface area contributed by atoms with Crippen molar-refractivity contribution in [3.63, 3.8) is 0 Å². The molecule has 1 aromatic heterocycles. The van der Waals surface area contributed by atoms with Crippen LogP contribution in [-0.2, 0) is 13.1 Å². The first-order chi connectivity index (χ1) is 14.0. The SMILES string of the molecule is COc1ccc(OC)c(NC(N)=NCc2c(C)nn(Cc3ccccc3)c2C)c1. The van der Waals surface area contributed by atoms with E-state index in [0.29, 0.717) is 29.7 Å². The molecule has 0 aliphatic heterocycles. The quantitative estimate of drug-likeness (QED) is 0.474. The molecule has 0 unspecified atom stereocenters. The topological polar surface area (TPSA) is 86.7 Å². The molecule has 0 saturated heterocycles. The summed E-state index contributed by atoms with van der Waals surface area (Å²) in [5, 5.41) is 7.75. The first-order valence-corrected chi connectivity index (χ1v) is 9.37. The molecule has 0 aliphatic carbocycles. The van der Waals surface area contributed by atoms with Crippen molar-refractivity contribution in [1.82, 2.24) is 9.78 Å². The van der Waals surface area contributed by atoms with E-state index in [1.54, 1.807) is 14.2 Å². The van der Waals surface area contributed by atoms with Gasteiger partial charge in [-0.25, -0.2) is 4.99 Å². The molecule has 7 heteroatoms. The number of nitrogens with two attached hydrogens (primary N) is 1. The molecule has 0 bridgehead atoms. The Morgan fingerprint density at radius 2 is 1.86 bits per heavy atom. The standard InChI is InChI=1S/C22H27N5O2/c1-15-19(16(2)27(26-15)14-17-8-6-5-7-9-17)13-24-22(23)25-20-12-18(28-3)10-11-21(20)29-4/h5-12H,13-14H2,1-4H3,(H3,23,24,25). The Labute approximate surface area is 171 Å². The third-order valence-corrected chi connectivity index (χ3v) is 4.78. The van der Waals surface area contributed by atoms with Crippen molar-refractivity contribution in [3.8, 4) is 11.5 Å². The van der Waals surface area contributed by atoms with Crippen LogP contribution in [0, 0.1) is 13.8 Å². The fourth-order valence-corrected chi connectivity index (χ4v) is 3.13. The number of aryl methyl sites for hydroxylation is 1. The second-order valence-electron chi connectivity index (χ2n) is 6.69. The number of nitrogens with one attached hydrogen (secondary N) is 1. The average Bonchev–Trinajstić information content (AvgIpc) is 2.99. The molecular weight excluding hydrogens is 366 g/mol. The van der Waals surface area contributed by atoms with E-state index < -0.39 is 0 Å². The summed E-state index contributed by atoms with van der Waals surface area (Å²) < 4.78 is 12.6. The molecule has 2 aromatic carbocycles. The molecule has 1 heterocycles. The van der Waals surface area contributed by atoms with Crippen LogP contribution in [0.2, 0.25) is 0 Å². The zero-order valence-corrected chi connectivity index (χ0v) is 17.3. The predicted molar refractivity (Wildman–Crippen MR) is 116 cm³/mol. The van der Waals surface area contributed by atoms with Crippen molar-refractivity contribution < 1.29 is 9.47 Å². The van der Waals surface area contributed by atoms with E-state index in [-0.39, 0.29) is 0 Å². The van der Waals surface area contributed by atoms with Crippen LogP contribution >= 0.6 is 0 Å². The van der Waals surface area contributed by atoms with E-state index in [0.717, 1.165) is 23.5 Å². The molecule has 0 fully saturated rings. The first kappa shape index (κ1) is 20.3. The van der Waals surface area contributed by atoms with Crippen molar-refractivity contribution in [2.24, 2.45) is 10.7 Å². The number of anilines is 1. The van der Waals surface area contributed by atoms with Gasteiger partial charge in [-0.3, -0.25) is 4.68 Å². The van der Waals surface area contributed by atoms with E-state index in [1.807, 2.05) is 48.0 Å². The average molecular weight is 393 g/mol. The van der Waals surface area contributed by atoms with Gasteiger partial charge in [0.15, 0.2) is 5.96 Å². The van der Waals surface area contributed by atoms with Gasteiger partial charge in [0, 0.05) is 17.3 Å². The normalized spacial score (nSPS) is 11.4. The van der Waals surface area contributed by atoms with E-state index in [2.05, 4.69) is 34.5 Å². The molecule has 3 N–H and O–H groups in total. The van der Waals surface area contributed by atoms with Crippen molar-refractivity contribution >= 4 is 11.6 Å². The Balaban J connectivity index is 1.74. The maximum atomic E-state index is 6.11. The minimum Gasteiger partial charge on any atom is -0.497 e. The molecule has 3 aromatic rings. The van der Waals surface area contributed by atoms with Gasteiger partial charge in [-0.15, -0.1) is 0 Å². The number of benzene rings is 2. The van der Waals surface area contributed by atoms with E-state index >= 15 is 0 Å². The van der Waals surface area contributed by atoms with Crippen molar-refractivity contribution in [3.05, 3.63) is 71.0 Å². The minimum atomic E-state index is 0.297. The van der Waals surface area contributed by atoms with Gasteiger partial charge in [0.1, 0.15) is 11.5 Å². The Bertz CT molecular complexity index is 996. The summed E-state index contributed by atoms with van der Waals surface area (Å²) in [6.07, 6.45) is 0. The summed E-state index contributed by atoms with van der Waals surface area (Å²) >= 11 is 0. The number of methoxy groups -OCH3 is 2. The minimum absolute atomic E-state index is 0.297. The zero-order chi connectivity index (χ0) is 20.8. The van der Waals surface area contributed by atoms with Crippen LogP contribution in [0.5, 0.6) is 11.5 Å². The van der Waals surface area contributed by atoms with Crippen LogP contribution in [0.4, 0.5) is 5.69 Å². The molecule has 0 amide bonds. The summed E-state index contributed by atoms with van der Waals surface area (Å²) in [6, 6.07) is 15.7. The lowest BCUT2D eigenvalue weighted by Crippen LogP contribution is -2.23. The molecule has 0 aliphatic rings. The Morgan fingerprint density at radius 1 is 1.10 bits per heavy atom. The smallest absolute Gasteiger partial charge is 0.193 e. The van der Waals surface area contributed by atoms with E-state index in [4.69, 9.17) is 15.2 Å². The highest BCUT2D eigenvalue weighted by Gasteiger charge is 2.12. The monoisotopic (exact) mass is 393 g/mol. The predicted octanol–water partition coefficient (Wildman–Crippen LogP) is 3.49. The fourth-order valence-electron chi connectivity index (χ4n) is 3.13. The molecule has 0 radical (unpaired) electrons. The van der Waals surface area contributed by atoms with Crippen LogP contribution in [0.15, 0.2) is 53.5 Å². The largest absolute Gasteiger partial charge is 0.497 e. The fraction of sp³-hybridized carbons (Fsp3) is 0.273. The molecular formula is C22H27N5O2. The number of nitrogens with zero attached hydrogens (tertiary/aromatic N) is 3. The Kier molecular flexibility index (Phi) is 6.39. The van der Waals surface area contributed by atoms with Crippen molar-refractivity contribution in [2.75, 3.05) is 19.5 Å². The lowest BCUT2D eigenvalue weighted by Gasteiger charge is -2.12. The number of aromatic nitrogens is 2. The number of hydrogen-bond acceptors (Lipinski definition) is 4. The van der Waals surface area contributed by atoms with Crippen LogP contribution in [0.1, 0.15) is 22.5 Å². The molecule has 152 valence electrons. The highest BCUT2D eigenvalue weighted by Crippen LogP contribution is 2.28. The van der Waals surface area contributed by atoms with Gasteiger partial charge in [-0.1, -0.05) is 30.3 Å². The summed E-state index contributed by atoms with van der Waals surface area (Å²) in [4.78, 5) is 4.50. The molecule has 0 atom stereocenters. The maximum Gasteiger partial charge on any atom is 0.193 e. The molecule has 0 spiro atoms. The molecule has 29 heavy (non-hydrogen) atoms. The second-order valence-corrected chi connectivity index (χ2v) is 6.69. The lowest BCUT2D eigenvalue weighted by atomic mass is 10.2. The van der Waals surface area contributed by atoms with Crippen LogP contribution in [-0.4, -0.2) is 30.0 Å².